The van der Waals surface area contributed by atoms with E-state index in [4.69, 9.17) is 9.94 Å². The molecule has 0 bridgehead atoms. The molecule has 1 aromatic rings. The number of carbonyl (C=O) groups excluding carboxylic acids is 3. The van der Waals surface area contributed by atoms with Gasteiger partial charge in [0, 0.05) is 18.2 Å². The molecule has 0 aliphatic heterocycles. The van der Waals surface area contributed by atoms with Crippen molar-refractivity contribution in [3.8, 4) is 0 Å². The summed E-state index contributed by atoms with van der Waals surface area (Å²) in [6.45, 7) is 2.95. The number of hydrogen-bond donors (Lipinski definition) is 2. The molecular weight excluding hydrogens is 352 g/mol. The molecule has 0 radical (unpaired) electrons. The number of amides is 1. The smallest absolute Gasteiger partial charge is 0.464 e. The molecule has 0 aliphatic carbocycles. The number of ether oxygens (including phenoxy) is 1. The van der Waals surface area contributed by atoms with Crippen LogP contribution in [0.5, 0.6) is 0 Å². The van der Waals surface area contributed by atoms with Crippen LogP contribution in [0, 0.1) is 4.91 Å². The van der Waals surface area contributed by atoms with Gasteiger partial charge in [0.25, 0.3) is 0 Å². The van der Waals surface area contributed by atoms with Crippen molar-refractivity contribution in [1.29, 1.82) is 0 Å². The maximum absolute atomic E-state index is 12.2. The molecule has 136 valence electrons. The molecule has 0 saturated heterocycles. The lowest BCUT2D eigenvalue weighted by atomic mass is 10.2. The Morgan fingerprint density at radius 2 is 1.92 bits per heavy atom. The molecule has 1 atom stereocenters. The van der Waals surface area contributed by atoms with Crippen LogP contribution in [0.4, 0.5) is 0 Å². The summed E-state index contributed by atoms with van der Waals surface area (Å²) in [4.78, 5) is 49.7. The highest BCUT2D eigenvalue weighted by molar-refractivity contribution is 8.14. The van der Waals surface area contributed by atoms with E-state index in [-0.39, 0.29) is 24.1 Å². The first-order valence-electron chi connectivity index (χ1n) is 7.32. The third-order valence-electron chi connectivity index (χ3n) is 2.86. The molecule has 2 N–H and O–H groups in total. The predicted molar refractivity (Wildman–Crippen MR) is 87.7 cm³/mol. The third kappa shape index (κ3) is 7.66. The number of nitrogens with zero attached hydrogens (tertiary/aromatic N) is 1. The van der Waals surface area contributed by atoms with E-state index >= 15 is 0 Å². The molecule has 0 fully saturated rings. The van der Waals surface area contributed by atoms with Crippen molar-refractivity contribution in [3.63, 3.8) is 0 Å². The van der Waals surface area contributed by atoms with Crippen molar-refractivity contribution in [2.75, 3.05) is 12.4 Å². The highest BCUT2D eigenvalue weighted by atomic mass is 32.2. The van der Waals surface area contributed by atoms with Crippen molar-refractivity contribution in [2.45, 2.75) is 26.5 Å². The van der Waals surface area contributed by atoms with Crippen LogP contribution in [0.25, 0.3) is 0 Å². The van der Waals surface area contributed by atoms with Crippen LogP contribution in [0.15, 0.2) is 24.3 Å². The lowest BCUT2D eigenvalue weighted by Gasteiger charge is -2.15. The zero-order valence-corrected chi connectivity index (χ0v) is 14.6. The number of nitrogens with one attached hydrogen (secondary N) is 1. The van der Waals surface area contributed by atoms with Crippen molar-refractivity contribution in [3.05, 3.63) is 40.3 Å². The molecule has 25 heavy (non-hydrogen) atoms. The lowest BCUT2D eigenvalue weighted by Crippen LogP contribution is -2.42. The summed E-state index contributed by atoms with van der Waals surface area (Å²) in [5.74, 6) is -0.957. The van der Waals surface area contributed by atoms with Crippen LogP contribution >= 0.6 is 11.8 Å². The van der Waals surface area contributed by atoms with E-state index in [0.29, 0.717) is 11.1 Å². The Morgan fingerprint density at radius 3 is 2.44 bits per heavy atom. The molecule has 1 amide bonds. The number of rotatable bonds is 9. The quantitative estimate of drug-likeness (QED) is 0.491. The van der Waals surface area contributed by atoms with E-state index in [1.54, 1.807) is 19.1 Å². The summed E-state index contributed by atoms with van der Waals surface area (Å²) < 4.78 is 4.86. The summed E-state index contributed by atoms with van der Waals surface area (Å²) >= 11 is 0.874. The number of benzene rings is 1. The Kier molecular flexibility index (Phi) is 8.40. The van der Waals surface area contributed by atoms with E-state index in [9.17, 15) is 19.3 Å². The second kappa shape index (κ2) is 10.3. The molecule has 10 heteroatoms. The van der Waals surface area contributed by atoms with Gasteiger partial charge in [0.1, 0.15) is 10.9 Å². The third-order valence-corrected chi connectivity index (χ3v) is 3.86. The number of thioether (sulfide) groups is 1. The highest BCUT2D eigenvalue weighted by Gasteiger charge is 2.22. The average Bonchev–Trinajstić information content (AvgIpc) is 2.56. The Morgan fingerprint density at radius 1 is 1.28 bits per heavy atom. The second-order valence-corrected chi connectivity index (χ2v) is 5.80. The van der Waals surface area contributed by atoms with Crippen LogP contribution in [0.2, 0.25) is 0 Å². The van der Waals surface area contributed by atoms with Gasteiger partial charge in [-0.3, -0.25) is 9.59 Å². The molecule has 0 unspecified atom stereocenters. The first-order chi connectivity index (χ1) is 11.8. The Balaban J connectivity index is 2.62. The van der Waals surface area contributed by atoms with Gasteiger partial charge in [-0.2, -0.15) is 4.84 Å². The number of carbonyl (C=O) groups is 3. The van der Waals surface area contributed by atoms with Gasteiger partial charge in [-0.1, -0.05) is 36.0 Å². The first-order valence-corrected chi connectivity index (χ1v) is 8.31. The van der Waals surface area contributed by atoms with Gasteiger partial charge in [-0.15, -0.1) is 0 Å². The van der Waals surface area contributed by atoms with E-state index < -0.39 is 23.0 Å². The second-order valence-electron chi connectivity index (χ2n) is 4.81. The summed E-state index contributed by atoms with van der Waals surface area (Å²) in [5.41, 5.74) is 0.959. The minimum Gasteiger partial charge on any atom is -0.464 e. The van der Waals surface area contributed by atoms with Crippen LogP contribution in [-0.2, 0) is 25.8 Å². The Bertz CT molecular complexity index is 633. The van der Waals surface area contributed by atoms with Crippen molar-refractivity contribution in [2.24, 2.45) is 0 Å². The van der Waals surface area contributed by atoms with Crippen LogP contribution in [-0.4, -0.2) is 45.7 Å². The van der Waals surface area contributed by atoms with Gasteiger partial charge in [0.15, 0.2) is 6.61 Å². The fourth-order valence-corrected chi connectivity index (χ4v) is 2.61. The minimum absolute atomic E-state index is 0.0394. The predicted octanol–water partition coefficient (Wildman–Crippen LogP) is 1.23. The topological polar surface area (TPSA) is 122 Å². The van der Waals surface area contributed by atoms with Gasteiger partial charge in [0.05, 0.1) is 6.61 Å². The summed E-state index contributed by atoms with van der Waals surface area (Å²) in [6.07, 6.45) is 0. The molecule has 9 nitrogen and oxygen atoms in total. The fourth-order valence-electron chi connectivity index (χ4n) is 1.77. The van der Waals surface area contributed by atoms with Crippen molar-refractivity contribution in [1.82, 2.24) is 5.32 Å². The molecule has 1 rings (SSSR count). The van der Waals surface area contributed by atoms with Gasteiger partial charge >= 0.3 is 11.1 Å². The summed E-state index contributed by atoms with van der Waals surface area (Å²) in [7, 11) is 0. The van der Waals surface area contributed by atoms with Crippen LogP contribution in [0.3, 0.4) is 0 Å². The van der Waals surface area contributed by atoms with Gasteiger partial charge in [0.2, 0.25) is 11.0 Å². The maximum Gasteiger partial charge on any atom is 0.475 e. The lowest BCUT2D eigenvalue weighted by molar-refractivity contribution is -0.979. The molecule has 0 aromatic heterocycles. The molecule has 0 saturated carbocycles. The SMILES string of the molecule is CCOC(=O)[C@H](CSC(=O)c1ccc(CO[N+](=O)O)cc1)NC(C)=O. The van der Waals surface area contributed by atoms with E-state index in [0.717, 1.165) is 11.8 Å². The maximum atomic E-state index is 12.2. The fraction of sp³-hybridized carbons (Fsp3) is 0.400. The van der Waals surface area contributed by atoms with Gasteiger partial charge in [-0.05, 0) is 12.5 Å². The minimum atomic E-state index is -0.910. The standard InChI is InChI=1S/C15H18N2O7S/c1-3-23-14(19)13(16-10(2)18)9-25-15(20)12-6-4-11(5-7-12)8-24-17(21)22/h4-7,13H,3,8-9H2,1-2H3,(H-,16,18,21,22)/p+1/t13-/m0/s1. The van der Waals surface area contributed by atoms with Crippen LogP contribution < -0.4 is 5.32 Å². The molecule has 1 aromatic carbocycles. The highest BCUT2D eigenvalue weighted by Crippen LogP contribution is 2.15. The Hall–Kier alpha value is -2.62. The monoisotopic (exact) mass is 371 g/mol. The number of esters is 1. The molecular formula is C15H19N2O7S+. The summed E-state index contributed by atoms with van der Waals surface area (Å²) in [6, 6.07) is 5.27. The van der Waals surface area contributed by atoms with E-state index in [1.807, 2.05) is 0 Å². The first kappa shape index (κ1) is 20.4. The average molecular weight is 371 g/mol. The Labute approximate surface area is 148 Å². The zero-order valence-electron chi connectivity index (χ0n) is 13.8. The normalized spacial score (nSPS) is 11.3. The van der Waals surface area contributed by atoms with Crippen LogP contribution in [0.1, 0.15) is 29.8 Å². The molecule has 0 spiro atoms. The van der Waals surface area contributed by atoms with Gasteiger partial charge < -0.3 is 10.1 Å². The van der Waals surface area contributed by atoms with Crippen molar-refractivity contribution < 1.29 is 34.3 Å². The largest absolute Gasteiger partial charge is 0.475 e. The van der Waals surface area contributed by atoms with Crippen molar-refractivity contribution >= 4 is 28.8 Å². The number of hydrogen-bond acceptors (Lipinski definition) is 7. The molecule has 0 aliphatic rings. The van der Waals surface area contributed by atoms with E-state index in [1.165, 1.54) is 19.1 Å². The zero-order chi connectivity index (χ0) is 18.8. The summed E-state index contributed by atoms with van der Waals surface area (Å²) in [5, 5.41) is 9.86. The van der Waals surface area contributed by atoms with Gasteiger partial charge in [-0.25, -0.2) is 10.0 Å². The van der Waals surface area contributed by atoms with E-state index in [2.05, 4.69) is 10.2 Å². The molecule has 0 heterocycles.